The molecule has 0 unspecified atom stereocenters. The lowest BCUT2D eigenvalue weighted by molar-refractivity contribution is -0.141. The lowest BCUT2D eigenvalue weighted by atomic mass is 10.0. The topological polar surface area (TPSA) is 57.4 Å². The van der Waals surface area contributed by atoms with E-state index < -0.39 is 11.9 Å². The first-order valence-corrected chi connectivity index (χ1v) is 7.58. The molecule has 0 spiro atoms. The number of alkyl halides is 3. The maximum Gasteiger partial charge on any atom is 0.435 e. The second-order valence-electron chi connectivity index (χ2n) is 5.84. The molecule has 0 fully saturated rings. The number of benzene rings is 1. The molecule has 25 heavy (non-hydrogen) atoms. The largest absolute Gasteiger partial charge is 0.435 e. The molecule has 0 aliphatic carbocycles. The molecular weight excluding hydrogens is 329 g/mol. The van der Waals surface area contributed by atoms with Gasteiger partial charge in [0.15, 0.2) is 5.69 Å². The second-order valence-corrected chi connectivity index (χ2v) is 5.84. The summed E-state index contributed by atoms with van der Waals surface area (Å²) >= 11 is 0. The van der Waals surface area contributed by atoms with E-state index in [-0.39, 0.29) is 6.54 Å². The van der Waals surface area contributed by atoms with Crippen LogP contribution in [0.25, 0.3) is 11.1 Å². The smallest absolute Gasteiger partial charge is 0.343 e. The van der Waals surface area contributed by atoms with Crippen molar-refractivity contribution in [2.45, 2.75) is 26.6 Å². The molecule has 4 nitrogen and oxygen atoms in total. The molecule has 1 N–H and O–H groups in total. The fourth-order valence-corrected chi connectivity index (χ4v) is 2.82. The van der Waals surface area contributed by atoms with E-state index >= 15 is 0 Å². The van der Waals surface area contributed by atoms with Crippen LogP contribution in [-0.4, -0.2) is 14.8 Å². The van der Waals surface area contributed by atoms with Gasteiger partial charge in [0.2, 0.25) is 0 Å². The minimum absolute atomic E-state index is 0.275. The molecule has 0 atom stereocenters. The van der Waals surface area contributed by atoms with Crippen molar-refractivity contribution in [2.75, 3.05) is 0 Å². The predicted octanol–water partition coefficient (Wildman–Crippen LogP) is 4.43. The van der Waals surface area contributed by atoms with Crippen molar-refractivity contribution in [3.63, 3.8) is 0 Å². The quantitative estimate of drug-likeness (QED) is 0.764. The van der Waals surface area contributed by atoms with Crippen LogP contribution in [0.15, 0.2) is 36.4 Å². The van der Waals surface area contributed by atoms with E-state index in [9.17, 15) is 13.2 Å². The van der Waals surface area contributed by atoms with Gasteiger partial charge in [-0.2, -0.15) is 23.5 Å². The van der Waals surface area contributed by atoms with Crippen LogP contribution in [0.1, 0.15) is 28.3 Å². The van der Waals surface area contributed by atoms with Gasteiger partial charge in [-0.3, -0.25) is 5.10 Å². The van der Waals surface area contributed by atoms with Crippen LogP contribution in [0.3, 0.4) is 0 Å². The van der Waals surface area contributed by atoms with E-state index in [2.05, 4.69) is 16.3 Å². The number of hydrogen-bond acceptors (Lipinski definition) is 2. The van der Waals surface area contributed by atoms with Crippen molar-refractivity contribution < 1.29 is 13.2 Å². The number of aromatic nitrogens is 3. The molecule has 0 saturated heterocycles. The first kappa shape index (κ1) is 16.8. The number of aryl methyl sites for hydroxylation is 1. The lowest BCUT2D eigenvalue weighted by Crippen LogP contribution is -2.05. The molecule has 2 heterocycles. The highest BCUT2D eigenvalue weighted by Crippen LogP contribution is 2.30. The fourth-order valence-electron chi connectivity index (χ4n) is 2.82. The zero-order chi connectivity index (χ0) is 18.2. The summed E-state index contributed by atoms with van der Waals surface area (Å²) in [6.45, 7) is 4.10. The van der Waals surface area contributed by atoms with Crippen LogP contribution < -0.4 is 0 Å². The third-order valence-corrected chi connectivity index (χ3v) is 4.15. The summed E-state index contributed by atoms with van der Waals surface area (Å²) in [5.41, 5.74) is 3.86. The van der Waals surface area contributed by atoms with Crippen LogP contribution in [0, 0.1) is 25.2 Å². The maximum absolute atomic E-state index is 12.7. The number of aromatic amines is 1. The van der Waals surface area contributed by atoms with Crippen molar-refractivity contribution in [1.29, 1.82) is 5.26 Å². The first-order chi connectivity index (χ1) is 11.8. The Labute approximate surface area is 142 Å². The highest BCUT2D eigenvalue weighted by atomic mass is 19.4. The third kappa shape index (κ3) is 3.29. The summed E-state index contributed by atoms with van der Waals surface area (Å²) in [7, 11) is 0. The van der Waals surface area contributed by atoms with Gasteiger partial charge in [0, 0.05) is 17.0 Å². The molecule has 2 aromatic heterocycles. The van der Waals surface area contributed by atoms with Crippen LogP contribution >= 0.6 is 0 Å². The van der Waals surface area contributed by atoms with Crippen molar-refractivity contribution in [3.8, 4) is 17.2 Å². The summed E-state index contributed by atoms with van der Waals surface area (Å²) in [5, 5.41) is 14.7. The van der Waals surface area contributed by atoms with Crippen molar-refractivity contribution >= 4 is 0 Å². The molecule has 3 aromatic rings. The average molecular weight is 344 g/mol. The Balaban J connectivity index is 1.92. The molecule has 0 aliphatic rings. The van der Waals surface area contributed by atoms with Gasteiger partial charge in [0.25, 0.3) is 0 Å². The maximum atomic E-state index is 12.7. The summed E-state index contributed by atoms with van der Waals surface area (Å²) in [6.07, 6.45) is -4.46. The van der Waals surface area contributed by atoms with Crippen LogP contribution in [0.5, 0.6) is 0 Å². The Kier molecular flexibility index (Phi) is 4.13. The minimum Gasteiger partial charge on any atom is -0.343 e. The highest BCUT2D eigenvalue weighted by molar-refractivity contribution is 5.68. The first-order valence-electron chi connectivity index (χ1n) is 7.58. The molecule has 0 aliphatic heterocycles. The number of nitriles is 1. The van der Waals surface area contributed by atoms with E-state index in [0.717, 1.165) is 28.6 Å². The van der Waals surface area contributed by atoms with Crippen molar-refractivity contribution in [1.82, 2.24) is 14.8 Å². The molecule has 0 saturated carbocycles. The third-order valence-electron chi connectivity index (χ3n) is 4.15. The van der Waals surface area contributed by atoms with Gasteiger partial charge >= 0.3 is 6.18 Å². The van der Waals surface area contributed by atoms with Crippen LogP contribution in [-0.2, 0) is 12.7 Å². The van der Waals surface area contributed by atoms with Gasteiger partial charge in [-0.1, -0.05) is 12.1 Å². The van der Waals surface area contributed by atoms with E-state index in [1.165, 1.54) is 0 Å². The minimum atomic E-state index is -4.46. The predicted molar refractivity (Wildman–Crippen MR) is 86.7 cm³/mol. The number of nitrogens with one attached hydrogen (secondary N) is 1. The molecule has 128 valence electrons. The summed E-state index contributed by atoms with van der Waals surface area (Å²) in [6, 6.07) is 12.3. The van der Waals surface area contributed by atoms with Crippen LogP contribution in [0.4, 0.5) is 13.2 Å². The molecule has 3 rings (SSSR count). The summed E-state index contributed by atoms with van der Waals surface area (Å²) < 4.78 is 40.0. The Morgan fingerprint density at radius 1 is 1.16 bits per heavy atom. The number of halogens is 3. The Morgan fingerprint density at radius 3 is 2.40 bits per heavy atom. The summed E-state index contributed by atoms with van der Waals surface area (Å²) in [5.74, 6) is 0. The molecule has 7 heteroatoms. The average Bonchev–Trinajstić information content (AvgIpc) is 3.15. The second kappa shape index (κ2) is 6.13. The van der Waals surface area contributed by atoms with Gasteiger partial charge in [0.1, 0.15) is 0 Å². The molecular formula is C18H15F3N4. The van der Waals surface area contributed by atoms with Gasteiger partial charge in [-0.05, 0) is 43.7 Å². The molecule has 1 aromatic carbocycles. The standard InChI is InChI=1S/C18H15F3N4/c1-11-7-16(14-5-3-13(9-22)4-6-14)12(2)25(11)10-15-8-17(24-23-15)18(19,20)21/h3-8H,10H2,1-2H3,(H,23,24). The molecule has 0 bridgehead atoms. The van der Waals surface area contributed by atoms with Gasteiger partial charge in [0.05, 0.1) is 23.9 Å². The molecule has 0 amide bonds. The van der Waals surface area contributed by atoms with Gasteiger partial charge in [-0.25, -0.2) is 0 Å². The highest BCUT2D eigenvalue weighted by Gasteiger charge is 2.33. The normalized spacial score (nSPS) is 11.5. The van der Waals surface area contributed by atoms with E-state index in [0.29, 0.717) is 11.3 Å². The van der Waals surface area contributed by atoms with Crippen LogP contribution in [0.2, 0.25) is 0 Å². The number of rotatable bonds is 3. The van der Waals surface area contributed by atoms with Crippen molar-refractivity contribution in [3.05, 3.63) is 64.7 Å². The number of hydrogen-bond donors (Lipinski definition) is 1. The Morgan fingerprint density at radius 2 is 1.84 bits per heavy atom. The van der Waals surface area contributed by atoms with Crippen molar-refractivity contribution in [2.24, 2.45) is 0 Å². The van der Waals surface area contributed by atoms with Gasteiger partial charge in [-0.15, -0.1) is 0 Å². The lowest BCUT2D eigenvalue weighted by Gasteiger charge is -2.08. The monoisotopic (exact) mass is 344 g/mol. The zero-order valence-electron chi connectivity index (χ0n) is 13.6. The SMILES string of the molecule is Cc1cc(-c2ccc(C#N)cc2)c(C)n1Cc1cc(C(F)(F)F)n[nH]1. The van der Waals surface area contributed by atoms with E-state index in [4.69, 9.17) is 5.26 Å². The van der Waals surface area contributed by atoms with E-state index in [1.807, 2.05) is 36.6 Å². The number of H-pyrrole nitrogens is 1. The zero-order valence-corrected chi connectivity index (χ0v) is 13.6. The number of nitrogens with zero attached hydrogens (tertiary/aromatic N) is 3. The Bertz CT molecular complexity index is 940. The summed E-state index contributed by atoms with van der Waals surface area (Å²) in [4.78, 5) is 0. The molecule has 0 radical (unpaired) electrons. The van der Waals surface area contributed by atoms with Gasteiger partial charge < -0.3 is 4.57 Å². The Hall–Kier alpha value is -3.01. The van der Waals surface area contributed by atoms with E-state index in [1.54, 1.807) is 12.1 Å². The fraction of sp³-hybridized carbons (Fsp3) is 0.222.